The van der Waals surface area contributed by atoms with Crippen LogP contribution in [-0.2, 0) is 0 Å². The van der Waals surface area contributed by atoms with Gasteiger partial charge >= 0.3 is 0 Å². The van der Waals surface area contributed by atoms with E-state index in [2.05, 4.69) is 78.0 Å². The van der Waals surface area contributed by atoms with E-state index in [0.29, 0.717) is 12.1 Å². The Labute approximate surface area is 123 Å². The normalized spacial score (nSPS) is 23.4. The number of nitrogens with zero attached hydrogens (tertiary/aromatic N) is 1. The van der Waals surface area contributed by atoms with Crippen LogP contribution in [0.5, 0.6) is 0 Å². The van der Waals surface area contributed by atoms with Crippen LogP contribution in [-0.4, -0.2) is 17.9 Å². The molecular weight excluding hydrogens is 244 g/mol. The second-order valence-electron chi connectivity index (χ2n) is 8.14. The molecule has 20 heavy (non-hydrogen) atoms. The molecule has 1 heterocycles. The first-order chi connectivity index (χ1) is 9.09. The van der Waals surface area contributed by atoms with Crippen LogP contribution in [0.4, 0.5) is 0 Å². The van der Waals surface area contributed by atoms with E-state index in [0.717, 1.165) is 5.84 Å². The first-order valence-corrected chi connectivity index (χ1v) is 7.50. The molecule has 1 aliphatic heterocycles. The van der Waals surface area contributed by atoms with Crippen LogP contribution in [0.3, 0.4) is 0 Å². The van der Waals surface area contributed by atoms with Crippen LogP contribution in [0, 0.1) is 17.8 Å². The van der Waals surface area contributed by atoms with Crippen LogP contribution in [0.25, 0.3) is 0 Å². The molecule has 0 bridgehead atoms. The molecule has 2 nitrogen and oxygen atoms in total. The van der Waals surface area contributed by atoms with Gasteiger partial charge in [-0.2, -0.15) is 0 Å². The van der Waals surface area contributed by atoms with Crippen molar-refractivity contribution in [2.45, 2.75) is 60.5 Å². The average molecular weight is 272 g/mol. The van der Waals surface area contributed by atoms with Crippen molar-refractivity contribution in [2.24, 2.45) is 15.8 Å². The van der Waals surface area contributed by atoms with Gasteiger partial charge in [0.2, 0.25) is 0 Å². The van der Waals surface area contributed by atoms with Crippen molar-refractivity contribution in [2.75, 3.05) is 0 Å². The quantitative estimate of drug-likeness (QED) is 0.815. The molecule has 0 fully saturated rings. The molecule has 1 aliphatic rings. The number of benzene rings is 1. The monoisotopic (exact) mass is 272 g/mol. The van der Waals surface area contributed by atoms with Gasteiger partial charge in [0.25, 0.3) is 0 Å². The average Bonchev–Trinajstić information content (AvgIpc) is 2.74. The summed E-state index contributed by atoms with van der Waals surface area (Å²) < 4.78 is 0. The van der Waals surface area contributed by atoms with Gasteiger partial charge in [-0.25, -0.2) is 0 Å². The molecule has 0 saturated heterocycles. The summed E-state index contributed by atoms with van der Waals surface area (Å²) in [5, 5.41) is 3.67. The minimum Gasteiger partial charge on any atom is -0.364 e. The van der Waals surface area contributed by atoms with Crippen LogP contribution < -0.4 is 5.32 Å². The molecule has 0 aliphatic carbocycles. The van der Waals surface area contributed by atoms with Crippen molar-refractivity contribution in [1.82, 2.24) is 5.32 Å². The predicted octanol–water partition coefficient (Wildman–Crippen LogP) is 4.17. The molecule has 2 rings (SSSR count). The maximum atomic E-state index is 5.01. The molecule has 1 aromatic carbocycles. The van der Waals surface area contributed by atoms with Gasteiger partial charge in [0.05, 0.1) is 12.1 Å². The Morgan fingerprint density at radius 2 is 1.45 bits per heavy atom. The standard InChI is InChI=1S/C18H28N2/c1-12-8-10-13(11-9-12)16-19-14(17(2,3)4)15(20-16)18(5,6)7/h8-11,14-15H,1-7H3,(H,19,20). The lowest BCUT2D eigenvalue weighted by molar-refractivity contribution is 0.192. The molecule has 0 aromatic heterocycles. The topological polar surface area (TPSA) is 24.4 Å². The van der Waals surface area contributed by atoms with E-state index in [1.807, 2.05) is 0 Å². The van der Waals surface area contributed by atoms with E-state index in [1.165, 1.54) is 11.1 Å². The summed E-state index contributed by atoms with van der Waals surface area (Å²) in [5.41, 5.74) is 2.83. The summed E-state index contributed by atoms with van der Waals surface area (Å²) in [4.78, 5) is 5.01. The molecule has 110 valence electrons. The maximum Gasteiger partial charge on any atom is 0.128 e. The molecule has 1 aromatic rings. The number of aliphatic imine (C=N–C) groups is 1. The summed E-state index contributed by atoms with van der Waals surface area (Å²) in [6.45, 7) is 15.8. The molecule has 0 radical (unpaired) electrons. The van der Waals surface area contributed by atoms with Crippen LogP contribution >= 0.6 is 0 Å². The molecule has 0 amide bonds. The number of nitrogens with one attached hydrogen (secondary N) is 1. The number of hydrogen-bond acceptors (Lipinski definition) is 2. The van der Waals surface area contributed by atoms with E-state index in [4.69, 9.17) is 4.99 Å². The Morgan fingerprint density at radius 3 is 1.85 bits per heavy atom. The van der Waals surface area contributed by atoms with Crippen molar-refractivity contribution in [3.05, 3.63) is 35.4 Å². The van der Waals surface area contributed by atoms with Crippen molar-refractivity contribution in [1.29, 1.82) is 0 Å². The highest BCUT2D eigenvalue weighted by Crippen LogP contribution is 2.36. The van der Waals surface area contributed by atoms with Crippen molar-refractivity contribution < 1.29 is 0 Å². The van der Waals surface area contributed by atoms with Gasteiger partial charge in [-0.3, -0.25) is 4.99 Å². The van der Waals surface area contributed by atoms with Crippen LogP contribution in [0.2, 0.25) is 0 Å². The lowest BCUT2D eigenvalue weighted by Gasteiger charge is -2.37. The number of amidine groups is 1. The van der Waals surface area contributed by atoms with Gasteiger partial charge in [0.1, 0.15) is 5.84 Å². The summed E-state index contributed by atoms with van der Waals surface area (Å²) >= 11 is 0. The van der Waals surface area contributed by atoms with E-state index in [9.17, 15) is 0 Å². The van der Waals surface area contributed by atoms with E-state index in [-0.39, 0.29) is 10.8 Å². The second-order valence-corrected chi connectivity index (χ2v) is 8.14. The molecule has 2 unspecified atom stereocenters. The van der Waals surface area contributed by atoms with E-state index in [1.54, 1.807) is 0 Å². The van der Waals surface area contributed by atoms with Gasteiger partial charge in [-0.1, -0.05) is 71.4 Å². The number of rotatable bonds is 1. The molecule has 2 heteroatoms. The largest absolute Gasteiger partial charge is 0.364 e. The highest BCUT2D eigenvalue weighted by molar-refractivity contribution is 6.00. The molecule has 2 atom stereocenters. The first-order valence-electron chi connectivity index (χ1n) is 7.50. The Morgan fingerprint density at radius 1 is 0.900 bits per heavy atom. The van der Waals surface area contributed by atoms with Gasteiger partial charge in [0.15, 0.2) is 0 Å². The highest BCUT2D eigenvalue weighted by atomic mass is 15.1. The van der Waals surface area contributed by atoms with Gasteiger partial charge in [-0.05, 0) is 17.8 Å². The minimum atomic E-state index is 0.164. The molecule has 1 N–H and O–H groups in total. The van der Waals surface area contributed by atoms with Crippen molar-refractivity contribution >= 4 is 5.84 Å². The third-order valence-electron chi connectivity index (χ3n) is 4.02. The Balaban J connectivity index is 2.35. The molecule has 0 saturated carbocycles. The third kappa shape index (κ3) is 3.05. The van der Waals surface area contributed by atoms with Crippen molar-refractivity contribution in [3.8, 4) is 0 Å². The van der Waals surface area contributed by atoms with Crippen LogP contribution in [0.15, 0.2) is 29.3 Å². The Hall–Kier alpha value is -1.31. The maximum absolute atomic E-state index is 5.01. The van der Waals surface area contributed by atoms with Crippen molar-refractivity contribution in [3.63, 3.8) is 0 Å². The van der Waals surface area contributed by atoms with Gasteiger partial charge in [0, 0.05) is 5.56 Å². The summed E-state index contributed by atoms with van der Waals surface area (Å²) in [6, 6.07) is 9.29. The zero-order valence-electron chi connectivity index (χ0n) is 13.9. The summed E-state index contributed by atoms with van der Waals surface area (Å²) in [5.74, 6) is 1.05. The SMILES string of the molecule is Cc1ccc(C2=NC(C(C)(C)C)C(C(C)(C)C)N2)cc1. The predicted molar refractivity (Wildman–Crippen MR) is 87.3 cm³/mol. The zero-order valence-corrected chi connectivity index (χ0v) is 13.9. The fraction of sp³-hybridized carbons (Fsp3) is 0.611. The van der Waals surface area contributed by atoms with E-state index >= 15 is 0 Å². The van der Waals surface area contributed by atoms with Gasteiger partial charge in [-0.15, -0.1) is 0 Å². The number of aryl methyl sites for hydroxylation is 1. The van der Waals surface area contributed by atoms with E-state index < -0.39 is 0 Å². The number of hydrogen-bond donors (Lipinski definition) is 1. The minimum absolute atomic E-state index is 0.164. The third-order valence-corrected chi connectivity index (χ3v) is 4.02. The zero-order chi connectivity index (χ0) is 15.1. The van der Waals surface area contributed by atoms with Crippen LogP contribution in [0.1, 0.15) is 52.7 Å². The fourth-order valence-electron chi connectivity index (χ4n) is 2.73. The second kappa shape index (κ2) is 4.91. The molecule has 0 spiro atoms. The summed E-state index contributed by atoms with van der Waals surface area (Å²) in [7, 11) is 0. The highest BCUT2D eigenvalue weighted by Gasteiger charge is 2.43. The lowest BCUT2D eigenvalue weighted by Crippen LogP contribution is -2.49. The Kier molecular flexibility index (Phi) is 3.70. The fourth-order valence-corrected chi connectivity index (χ4v) is 2.73. The van der Waals surface area contributed by atoms with Gasteiger partial charge < -0.3 is 5.32 Å². The summed E-state index contributed by atoms with van der Waals surface area (Å²) in [6.07, 6.45) is 0. The smallest absolute Gasteiger partial charge is 0.128 e. The Bertz CT molecular complexity index is 498. The molecular formula is C18H28N2. The lowest BCUT2D eigenvalue weighted by atomic mass is 9.73. The first kappa shape index (κ1) is 15.1.